The third-order valence-corrected chi connectivity index (χ3v) is 7.30. The fourth-order valence-corrected chi connectivity index (χ4v) is 5.58. The van der Waals surface area contributed by atoms with Crippen LogP contribution in [0.4, 0.5) is 10.5 Å². The van der Waals surface area contributed by atoms with Crippen LogP contribution < -0.4 is 15.0 Å². The molecule has 0 aliphatic carbocycles. The highest BCUT2D eigenvalue weighted by atomic mass is 16.5. The number of imide groups is 1. The van der Waals surface area contributed by atoms with Crippen LogP contribution in [0.25, 0.3) is 0 Å². The normalized spacial score (nSPS) is 27.2. The van der Waals surface area contributed by atoms with Gasteiger partial charge in [-0.1, -0.05) is 46.0 Å². The molecule has 3 aliphatic rings. The third-order valence-electron chi connectivity index (χ3n) is 7.30. The van der Waals surface area contributed by atoms with Gasteiger partial charge in [-0.3, -0.25) is 19.9 Å². The van der Waals surface area contributed by atoms with Crippen molar-refractivity contribution in [1.29, 1.82) is 0 Å². The van der Waals surface area contributed by atoms with Crippen molar-refractivity contribution in [3.05, 3.63) is 24.3 Å². The van der Waals surface area contributed by atoms with Gasteiger partial charge in [-0.15, -0.1) is 0 Å². The van der Waals surface area contributed by atoms with Crippen molar-refractivity contribution in [2.45, 2.75) is 77.8 Å². The van der Waals surface area contributed by atoms with Crippen LogP contribution in [0.15, 0.2) is 24.3 Å². The van der Waals surface area contributed by atoms with Crippen LogP contribution in [-0.4, -0.2) is 78.4 Å². The molecule has 0 spiro atoms. The van der Waals surface area contributed by atoms with Crippen molar-refractivity contribution in [2.75, 3.05) is 38.2 Å². The first-order valence-corrected chi connectivity index (χ1v) is 13.1. The lowest BCUT2D eigenvalue weighted by atomic mass is 10.0. The van der Waals surface area contributed by atoms with Crippen LogP contribution in [0, 0.1) is 5.92 Å². The molecule has 0 bridgehead atoms. The summed E-state index contributed by atoms with van der Waals surface area (Å²) in [6.45, 7) is 9.26. The molecule has 188 valence electrons. The van der Waals surface area contributed by atoms with Crippen LogP contribution in [0.1, 0.15) is 59.3 Å². The topological polar surface area (TPSA) is 68.4 Å². The molecule has 3 saturated heterocycles. The molecule has 3 amide bonds. The Hall–Kier alpha value is -2.32. The quantitative estimate of drug-likeness (QED) is 0.525. The molecule has 1 aromatic rings. The van der Waals surface area contributed by atoms with E-state index in [9.17, 15) is 9.59 Å². The monoisotopic (exact) mass is 471 g/mol. The Morgan fingerprint density at radius 2 is 1.71 bits per heavy atom. The van der Waals surface area contributed by atoms with Crippen LogP contribution in [0.5, 0.6) is 5.75 Å². The fraction of sp³-hybridized carbons (Fsp3) is 0.692. The molecule has 1 N–H and O–H groups in total. The average Bonchev–Trinajstić information content (AvgIpc) is 3.21. The predicted molar refractivity (Wildman–Crippen MR) is 134 cm³/mol. The lowest BCUT2D eigenvalue weighted by molar-refractivity contribution is -0.138. The molecule has 3 heterocycles. The second kappa shape index (κ2) is 11.0. The number of hydrogen-bond acceptors (Lipinski definition) is 6. The number of likely N-dealkylation sites (N-methyl/N-ethyl adjacent to an activating group) is 1. The zero-order chi connectivity index (χ0) is 24.2. The highest BCUT2D eigenvalue weighted by molar-refractivity contribution is 6.00. The summed E-state index contributed by atoms with van der Waals surface area (Å²) in [7, 11) is 1.82. The minimum absolute atomic E-state index is 0.0580. The smallest absolute Gasteiger partial charge is 0.327 e. The first kappa shape index (κ1) is 24.8. The lowest BCUT2D eigenvalue weighted by Gasteiger charge is -2.46. The number of unbranched alkanes of at least 4 members (excludes halogenated alkanes) is 5. The Balaban J connectivity index is 1.48. The summed E-state index contributed by atoms with van der Waals surface area (Å²) < 4.78 is 5.61. The Kier molecular flexibility index (Phi) is 7.99. The molecule has 8 nitrogen and oxygen atoms in total. The zero-order valence-electron chi connectivity index (χ0n) is 21.2. The summed E-state index contributed by atoms with van der Waals surface area (Å²) in [6.07, 6.45) is 6.34. The van der Waals surface area contributed by atoms with Crippen molar-refractivity contribution in [3.8, 4) is 5.75 Å². The molecule has 1 aromatic carbocycles. The molecule has 34 heavy (non-hydrogen) atoms. The maximum atomic E-state index is 13.6. The minimum atomic E-state index is -0.360. The number of amides is 3. The molecule has 3 fully saturated rings. The minimum Gasteiger partial charge on any atom is -0.494 e. The molecule has 0 saturated carbocycles. The third kappa shape index (κ3) is 4.89. The number of hydrogen-bond donors (Lipinski definition) is 1. The van der Waals surface area contributed by atoms with Gasteiger partial charge in [0.1, 0.15) is 24.2 Å². The van der Waals surface area contributed by atoms with Crippen LogP contribution in [0.2, 0.25) is 0 Å². The second-order valence-corrected chi connectivity index (χ2v) is 9.96. The first-order chi connectivity index (χ1) is 16.5. The number of nitrogens with zero attached hydrogens (tertiary/aromatic N) is 4. The van der Waals surface area contributed by atoms with Gasteiger partial charge in [-0.2, -0.15) is 0 Å². The molecule has 4 atom stereocenters. The van der Waals surface area contributed by atoms with Gasteiger partial charge in [0.25, 0.3) is 5.91 Å². The number of anilines is 1. The van der Waals surface area contributed by atoms with Crippen LogP contribution >= 0.6 is 0 Å². The summed E-state index contributed by atoms with van der Waals surface area (Å²) in [4.78, 5) is 34.5. The zero-order valence-corrected chi connectivity index (χ0v) is 21.2. The van der Waals surface area contributed by atoms with Crippen molar-refractivity contribution in [3.63, 3.8) is 0 Å². The molecular weight excluding hydrogens is 430 g/mol. The van der Waals surface area contributed by atoms with Gasteiger partial charge in [0.2, 0.25) is 0 Å². The van der Waals surface area contributed by atoms with Gasteiger partial charge in [0, 0.05) is 32.4 Å². The van der Waals surface area contributed by atoms with Crippen molar-refractivity contribution in [1.82, 2.24) is 20.0 Å². The Bertz CT molecular complexity index is 847. The predicted octanol–water partition coefficient (Wildman–Crippen LogP) is 3.68. The van der Waals surface area contributed by atoms with E-state index in [0.717, 1.165) is 43.8 Å². The maximum Gasteiger partial charge on any atom is 0.327 e. The molecule has 0 radical (unpaired) electrons. The fourth-order valence-electron chi connectivity index (χ4n) is 5.58. The molecule has 8 heteroatoms. The van der Waals surface area contributed by atoms with E-state index in [1.807, 2.05) is 26.1 Å². The van der Waals surface area contributed by atoms with E-state index in [1.165, 1.54) is 24.2 Å². The standard InChI is InChI=1S/C26H41N5O3/c1-5-7-8-9-10-11-16-29-24(32)22-23(28(4)26(29)33)27-25-30(17-19(3)18-31(22)25)20-12-14-21(15-13-20)34-6-2/h12-15,19,22-23,25,27H,5-11,16-18H2,1-4H3. The van der Waals surface area contributed by atoms with E-state index in [2.05, 4.69) is 41.1 Å². The SMILES string of the molecule is CCCCCCCCN1C(=O)C2C(NC3N(c4ccc(OCC)cc4)CC(C)CN23)N(C)C1=O. The van der Waals surface area contributed by atoms with Gasteiger partial charge in [0.15, 0.2) is 0 Å². The number of rotatable bonds is 10. The molecule has 0 aromatic heterocycles. The summed E-state index contributed by atoms with van der Waals surface area (Å²) in [5, 5.41) is 3.60. The van der Waals surface area contributed by atoms with Gasteiger partial charge < -0.3 is 14.5 Å². The average molecular weight is 472 g/mol. The van der Waals surface area contributed by atoms with Crippen LogP contribution in [0.3, 0.4) is 0 Å². The summed E-state index contributed by atoms with van der Waals surface area (Å²) in [5.41, 5.74) is 1.08. The number of ether oxygens (including phenoxy) is 1. The summed E-state index contributed by atoms with van der Waals surface area (Å²) >= 11 is 0. The number of benzene rings is 1. The van der Waals surface area contributed by atoms with E-state index in [0.29, 0.717) is 19.1 Å². The van der Waals surface area contributed by atoms with E-state index in [1.54, 1.807) is 4.90 Å². The van der Waals surface area contributed by atoms with E-state index in [-0.39, 0.29) is 30.4 Å². The van der Waals surface area contributed by atoms with Gasteiger partial charge in [0.05, 0.1) is 6.61 Å². The van der Waals surface area contributed by atoms with Crippen molar-refractivity contribution in [2.24, 2.45) is 5.92 Å². The Labute approximate surface area is 204 Å². The highest BCUT2D eigenvalue weighted by Gasteiger charge is 2.56. The lowest BCUT2D eigenvalue weighted by Crippen LogP contribution is -2.66. The molecule has 3 aliphatic heterocycles. The number of carbonyl (C=O) groups excluding carboxylic acids is 2. The summed E-state index contributed by atoms with van der Waals surface area (Å²) in [6, 6.07) is 7.59. The Morgan fingerprint density at radius 3 is 2.41 bits per heavy atom. The highest BCUT2D eigenvalue weighted by Crippen LogP contribution is 2.35. The number of carbonyl (C=O) groups is 2. The molecule has 4 rings (SSSR count). The van der Waals surface area contributed by atoms with Gasteiger partial charge >= 0.3 is 6.03 Å². The number of urea groups is 1. The van der Waals surface area contributed by atoms with Crippen molar-refractivity contribution >= 4 is 17.6 Å². The maximum absolute atomic E-state index is 13.6. The van der Waals surface area contributed by atoms with E-state index in [4.69, 9.17) is 4.74 Å². The van der Waals surface area contributed by atoms with Crippen LogP contribution in [-0.2, 0) is 4.79 Å². The largest absolute Gasteiger partial charge is 0.494 e. The Morgan fingerprint density at radius 1 is 1.00 bits per heavy atom. The summed E-state index contributed by atoms with van der Waals surface area (Å²) in [5.74, 6) is 1.19. The van der Waals surface area contributed by atoms with E-state index < -0.39 is 0 Å². The van der Waals surface area contributed by atoms with Gasteiger partial charge in [-0.05, 0) is 43.5 Å². The number of fused-ring (bicyclic) bond motifs is 3. The molecule has 4 unspecified atom stereocenters. The molecular formula is C26H41N5O3. The van der Waals surface area contributed by atoms with E-state index >= 15 is 0 Å². The first-order valence-electron chi connectivity index (χ1n) is 13.1. The number of nitrogens with one attached hydrogen (secondary N) is 1. The van der Waals surface area contributed by atoms with Crippen molar-refractivity contribution < 1.29 is 14.3 Å². The van der Waals surface area contributed by atoms with Gasteiger partial charge in [-0.25, -0.2) is 4.79 Å². The second-order valence-electron chi connectivity index (χ2n) is 9.96.